The van der Waals surface area contributed by atoms with Crippen LogP contribution in [0.2, 0.25) is 0 Å². The maximum atomic E-state index is 12.9. The zero-order valence-corrected chi connectivity index (χ0v) is 15.3. The van der Waals surface area contributed by atoms with Crippen molar-refractivity contribution in [1.29, 1.82) is 0 Å². The Labute approximate surface area is 153 Å². The van der Waals surface area contributed by atoms with Crippen molar-refractivity contribution in [2.45, 2.75) is 24.5 Å². The molecule has 0 fully saturated rings. The Hall–Kier alpha value is -2.53. The Morgan fingerprint density at radius 2 is 1.93 bits per heavy atom. The van der Waals surface area contributed by atoms with Gasteiger partial charge in [-0.25, -0.2) is 23.4 Å². The molecule has 3 rings (SSSR count). The van der Waals surface area contributed by atoms with Gasteiger partial charge < -0.3 is 10.3 Å². The average Bonchev–Trinajstić information content (AvgIpc) is 2.96. The van der Waals surface area contributed by atoms with Crippen LogP contribution in [0.4, 0.5) is 13.2 Å². The van der Waals surface area contributed by atoms with Gasteiger partial charge in [-0.3, -0.25) is 0 Å². The monoisotopic (exact) mass is 399 g/mol. The molecule has 0 saturated heterocycles. The molecule has 0 saturated carbocycles. The van der Waals surface area contributed by atoms with Crippen LogP contribution in [0.3, 0.4) is 0 Å². The minimum absolute atomic E-state index is 0.0119. The number of alkyl halides is 3. The van der Waals surface area contributed by atoms with Crippen LogP contribution >= 0.6 is 0 Å². The summed E-state index contributed by atoms with van der Waals surface area (Å²) in [5.74, 6) is -0.0662. The minimum Gasteiger partial charge on any atom is -0.325 e. The van der Waals surface area contributed by atoms with Crippen LogP contribution in [-0.4, -0.2) is 33.7 Å². The maximum Gasteiger partial charge on any atom is 0.417 e. The van der Waals surface area contributed by atoms with Crippen molar-refractivity contribution < 1.29 is 21.6 Å². The standard InChI is InChI=1S/C16H16F3N5O2S/c1-3-27(25,26)12-5-4-10(7-20)22-13(12)15-23-11-6-9(16(17,18)19)8-21-14(11)24(15)2/h4-6,8H,3,7,20H2,1-2H3. The summed E-state index contributed by atoms with van der Waals surface area (Å²) < 4.78 is 65.1. The van der Waals surface area contributed by atoms with Crippen LogP contribution < -0.4 is 5.73 Å². The number of hydrogen-bond donors (Lipinski definition) is 1. The summed E-state index contributed by atoms with van der Waals surface area (Å²) in [5.41, 5.74) is 5.28. The molecular weight excluding hydrogens is 383 g/mol. The Kier molecular flexibility index (Phi) is 4.68. The molecule has 0 unspecified atom stereocenters. The van der Waals surface area contributed by atoms with Crippen LogP contribution in [0, 0.1) is 0 Å². The summed E-state index contributed by atoms with van der Waals surface area (Å²) in [5, 5.41) is 0. The number of nitrogens with two attached hydrogens (primary N) is 1. The van der Waals surface area contributed by atoms with Gasteiger partial charge in [-0.15, -0.1) is 0 Å². The highest BCUT2D eigenvalue weighted by Gasteiger charge is 2.32. The van der Waals surface area contributed by atoms with Gasteiger partial charge in [0, 0.05) is 19.8 Å². The van der Waals surface area contributed by atoms with Crippen LogP contribution in [0.15, 0.2) is 29.3 Å². The lowest BCUT2D eigenvalue weighted by Gasteiger charge is -2.10. The second kappa shape index (κ2) is 6.57. The lowest BCUT2D eigenvalue weighted by atomic mass is 10.2. The number of sulfone groups is 1. The summed E-state index contributed by atoms with van der Waals surface area (Å²) >= 11 is 0. The number of pyridine rings is 2. The molecule has 0 aromatic carbocycles. The van der Waals surface area contributed by atoms with Gasteiger partial charge in [0.1, 0.15) is 11.2 Å². The largest absolute Gasteiger partial charge is 0.417 e. The number of imidazole rings is 1. The van der Waals surface area contributed by atoms with Gasteiger partial charge in [0.2, 0.25) is 0 Å². The third-order valence-electron chi connectivity index (χ3n) is 4.09. The smallest absolute Gasteiger partial charge is 0.325 e. The third-order valence-corrected chi connectivity index (χ3v) is 5.85. The molecule has 0 bridgehead atoms. The molecule has 0 radical (unpaired) electrons. The van der Waals surface area contributed by atoms with E-state index in [0.717, 1.165) is 6.07 Å². The molecule has 144 valence electrons. The summed E-state index contributed by atoms with van der Waals surface area (Å²) in [7, 11) is -2.11. The summed E-state index contributed by atoms with van der Waals surface area (Å²) in [6.07, 6.45) is -3.85. The van der Waals surface area contributed by atoms with E-state index in [2.05, 4.69) is 15.0 Å². The molecule has 0 spiro atoms. The summed E-state index contributed by atoms with van der Waals surface area (Å²) in [6.45, 7) is 1.56. The van der Waals surface area contributed by atoms with Crippen molar-refractivity contribution in [2.24, 2.45) is 12.8 Å². The van der Waals surface area contributed by atoms with E-state index in [9.17, 15) is 21.6 Å². The molecule has 0 aliphatic carbocycles. The number of hydrogen-bond acceptors (Lipinski definition) is 6. The summed E-state index contributed by atoms with van der Waals surface area (Å²) in [6, 6.07) is 3.75. The lowest BCUT2D eigenvalue weighted by molar-refractivity contribution is -0.137. The number of fused-ring (bicyclic) bond motifs is 1. The van der Waals surface area contributed by atoms with E-state index in [1.807, 2.05) is 0 Å². The van der Waals surface area contributed by atoms with E-state index < -0.39 is 21.6 Å². The molecule has 0 aliphatic heterocycles. The third kappa shape index (κ3) is 3.39. The van der Waals surface area contributed by atoms with Crippen LogP contribution in [0.1, 0.15) is 18.2 Å². The zero-order chi connectivity index (χ0) is 20.0. The molecule has 3 aromatic rings. The first-order valence-corrected chi connectivity index (χ1v) is 9.56. The molecule has 3 aromatic heterocycles. The van der Waals surface area contributed by atoms with Gasteiger partial charge in [0.15, 0.2) is 21.3 Å². The molecule has 0 aliphatic rings. The average molecular weight is 399 g/mol. The number of nitrogens with zero attached hydrogens (tertiary/aromatic N) is 4. The van der Waals surface area contributed by atoms with E-state index in [0.29, 0.717) is 11.9 Å². The zero-order valence-electron chi connectivity index (χ0n) is 14.4. The number of aryl methyl sites for hydroxylation is 1. The Bertz CT molecular complexity index is 1120. The predicted octanol–water partition coefficient (Wildman–Crippen LogP) is 2.30. The predicted molar refractivity (Wildman–Crippen MR) is 92.4 cm³/mol. The van der Waals surface area contributed by atoms with E-state index in [1.54, 1.807) is 0 Å². The second-order valence-corrected chi connectivity index (χ2v) is 8.06. The first-order valence-electron chi connectivity index (χ1n) is 7.91. The molecule has 0 atom stereocenters. The number of halogens is 3. The van der Waals surface area contributed by atoms with Gasteiger partial charge in [-0.2, -0.15) is 13.2 Å². The van der Waals surface area contributed by atoms with E-state index >= 15 is 0 Å². The van der Waals surface area contributed by atoms with E-state index in [1.165, 1.54) is 30.7 Å². The quantitative estimate of drug-likeness (QED) is 0.722. The number of rotatable bonds is 4. The molecule has 2 N–H and O–H groups in total. The normalized spacial score (nSPS) is 12.7. The first-order chi connectivity index (χ1) is 12.6. The van der Waals surface area contributed by atoms with Crippen molar-refractivity contribution in [3.05, 3.63) is 35.7 Å². The molecule has 3 heterocycles. The van der Waals surface area contributed by atoms with Crippen molar-refractivity contribution in [2.75, 3.05) is 5.75 Å². The molecule has 27 heavy (non-hydrogen) atoms. The fourth-order valence-electron chi connectivity index (χ4n) is 2.61. The lowest BCUT2D eigenvalue weighted by Crippen LogP contribution is -2.11. The highest BCUT2D eigenvalue weighted by molar-refractivity contribution is 7.91. The molecule has 7 nitrogen and oxygen atoms in total. The fraction of sp³-hybridized carbons (Fsp3) is 0.312. The van der Waals surface area contributed by atoms with Crippen LogP contribution in [0.25, 0.3) is 22.7 Å². The van der Waals surface area contributed by atoms with Crippen molar-refractivity contribution >= 4 is 21.0 Å². The van der Waals surface area contributed by atoms with E-state index in [4.69, 9.17) is 5.73 Å². The van der Waals surface area contributed by atoms with Gasteiger partial charge >= 0.3 is 6.18 Å². The van der Waals surface area contributed by atoms with Gasteiger partial charge in [0.05, 0.1) is 21.9 Å². The fourth-order valence-corrected chi connectivity index (χ4v) is 3.63. The Morgan fingerprint density at radius 1 is 1.22 bits per heavy atom. The second-order valence-electron chi connectivity index (χ2n) is 5.82. The minimum atomic E-state index is -4.56. The molecule has 11 heteroatoms. The summed E-state index contributed by atoms with van der Waals surface area (Å²) in [4.78, 5) is 12.2. The van der Waals surface area contributed by atoms with Crippen molar-refractivity contribution in [3.63, 3.8) is 0 Å². The van der Waals surface area contributed by atoms with Crippen LogP contribution in [-0.2, 0) is 29.6 Å². The highest BCUT2D eigenvalue weighted by atomic mass is 32.2. The van der Waals surface area contributed by atoms with E-state index in [-0.39, 0.29) is 39.9 Å². The molecular formula is C16H16F3N5O2S. The van der Waals surface area contributed by atoms with Crippen molar-refractivity contribution in [3.8, 4) is 11.5 Å². The van der Waals surface area contributed by atoms with Crippen LogP contribution in [0.5, 0.6) is 0 Å². The van der Waals surface area contributed by atoms with Gasteiger partial charge in [-0.1, -0.05) is 6.92 Å². The number of aromatic nitrogens is 4. The van der Waals surface area contributed by atoms with Crippen molar-refractivity contribution in [1.82, 2.24) is 19.5 Å². The SMILES string of the molecule is CCS(=O)(=O)c1ccc(CN)nc1-c1nc2cc(C(F)(F)F)cnc2n1C. The van der Waals surface area contributed by atoms with Gasteiger partial charge in [-0.05, 0) is 18.2 Å². The maximum absolute atomic E-state index is 12.9. The molecule has 0 amide bonds. The Morgan fingerprint density at radius 3 is 2.52 bits per heavy atom. The van der Waals surface area contributed by atoms with Gasteiger partial charge in [0.25, 0.3) is 0 Å². The highest BCUT2D eigenvalue weighted by Crippen LogP contribution is 2.32. The Balaban J connectivity index is 2.30. The first kappa shape index (κ1) is 19.2. The topological polar surface area (TPSA) is 104 Å².